The fraction of sp³-hybridized carbons (Fsp3) is 0.733. The molecule has 1 aliphatic heterocycles. The van der Waals surface area contributed by atoms with Crippen molar-refractivity contribution in [2.75, 3.05) is 19.6 Å². The molecule has 1 saturated heterocycles. The zero-order valence-corrected chi connectivity index (χ0v) is 12.3. The van der Waals surface area contributed by atoms with Crippen LogP contribution in [0.5, 0.6) is 0 Å². The first-order chi connectivity index (χ1) is 8.63. The van der Waals surface area contributed by atoms with E-state index in [-0.39, 0.29) is 0 Å². The minimum absolute atomic E-state index is 0.750. The van der Waals surface area contributed by atoms with Gasteiger partial charge in [-0.25, -0.2) is 0 Å². The zero-order chi connectivity index (χ0) is 13.1. The van der Waals surface area contributed by atoms with Crippen molar-refractivity contribution in [3.8, 4) is 0 Å². The first-order valence-electron chi connectivity index (χ1n) is 7.20. The van der Waals surface area contributed by atoms with Gasteiger partial charge in [0.15, 0.2) is 0 Å². The molecule has 2 heterocycles. The maximum atomic E-state index is 3.63. The Bertz CT molecular complexity index is 395. The maximum absolute atomic E-state index is 3.63. The smallest absolute Gasteiger partial charge is 0.0224 e. The summed E-state index contributed by atoms with van der Waals surface area (Å²) in [5.41, 5.74) is 4.18. The summed E-state index contributed by atoms with van der Waals surface area (Å²) < 4.78 is 2.27. The van der Waals surface area contributed by atoms with Gasteiger partial charge in [0.2, 0.25) is 0 Å². The van der Waals surface area contributed by atoms with Crippen LogP contribution >= 0.6 is 0 Å². The summed E-state index contributed by atoms with van der Waals surface area (Å²) in [7, 11) is 2.14. The summed E-state index contributed by atoms with van der Waals surface area (Å²) in [5, 5.41) is 3.63. The highest BCUT2D eigenvalue weighted by Crippen LogP contribution is 2.16. The van der Waals surface area contributed by atoms with Crippen LogP contribution in [-0.4, -0.2) is 35.1 Å². The van der Waals surface area contributed by atoms with E-state index >= 15 is 0 Å². The standard InChI is InChI=1S/C15H27N3/c1-5-18-8-6-7-15(18)11-16-10-14-9-12(2)17(4)13(14)3/h9,15-16H,5-8,10-11H2,1-4H3. The Morgan fingerprint density at radius 3 is 2.78 bits per heavy atom. The van der Waals surface area contributed by atoms with Gasteiger partial charge in [-0.2, -0.15) is 0 Å². The van der Waals surface area contributed by atoms with E-state index in [1.165, 1.54) is 42.9 Å². The van der Waals surface area contributed by atoms with Crippen molar-refractivity contribution in [2.45, 2.75) is 46.2 Å². The molecule has 1 aromatic rings. The largest absolute Gasteiger partial charge is 0.352 e. The minimum Gasteiger partial charge on any atom is -0.352 e. The molecule has 3 nitrogen and oxygen atoms in total. The van der Waals surface area contributed by atoms with Gasteiger partial charge in [0.1, 0.15) is 0 Å². The van der Waals surface area contributed by atoms with Gasteiger partial charge in [-0.15, -0.1) is 0 Å². The van der Waals surface area contributed by atoms with Gasteiger partial charge in [-0.1, -0.05) is 6.92 Å². The van der Waals surface area contributed by atoms with Crippen LogP contribution in [0.3, 0.4) is 0 Å². The molecule has 1 fully saturated rings. The molecule has 18 heavy (non-hydrogen) atoms. The van der Waals surface area contributed by atoms with Crippen LogP contribution in [0.15, 0.2) is 6.07 Å². The molecule has 0 aliphatic carbocycles. The summed E-state index contributed by atoms with van der Waals surface area (Å²) in [6.45, 7) is 11.2. The number of hydrogen-bond acceptors (Lipinski definition) is 2. The summed E-state index contributed by atoms with van der Waals surface area (Å²) in [5.74, 6) is 0. The molecule has 2 rings (SSSR count). The third-order valence-corrected chi connectivity index (χ3v) is 4.48. The van der Waals surface area contributed by atoms with Gasteiger partial charge in [0.25, 0.3) is 0 Å². The lowest BCUT2D eigenvalue weighted by atomic mass is 10.2. The highest BCUT2D eigenvalue weighted by Gasteiger charge is 2.22. The van der Waals surface area contributed by atoms with Crippen molar-refractivity contribution in [3.63, 3.8) is 0 Å². The molecular weight excluding hydrogens is 222 g/mol. The first-order valence-corrected chi connectivity index (χ1v) is 7.20. The van der Waals surface area contributed by atoms with Crippen molar-refractivity contribution in [1.29, 1.82) is 0 Å². The van der Waals surface area contributed by atoms with Crippen LogP contribution in [0, 0.1) is 13.8 Å². The monoisotopic (exact) mass is 249 g/mol. The van der Waals surface area contributed by atoms with Gasteiger partial charge in [-0.05, 0) is 51.4 Å². The highest BCUT2D eigenvalue weighted by atomic mass is 15.2. The number of likely N-dealkylation sites (N-methyl/N-ethyl adjacent to an activating group) is 1. The van der Waals surface area contributed by atoms with Crippen molar-refractivity contribution < 1.29 is 0 Å². The Morgan fingerprint density at radius 1 is 1.39 bits per heavy atom. The molecule has 1 atom stereocenters. The second-order valence-electron chi connectivity index (χ2n) is 5.51. The second-order valence-corrected chi connectivity index (χ2v) is 5.51. The van der Waals surface area contributed by atoms with Crippen LogP contribution in [0.1, 0.15) is 36.7 Å². The fourth-order valence-electron chi connectivity index (χ4n) is 3.03. The third-order valence-electron chi connectivity index (χ3n) is 4.48. The van der Waals surface area contributed by atoms with Crippen LogP contribution in [0.2, 0.25) is 0 Å². The lowest BCUT2D eigenvalue weighted by Crippen LogP contribution is -2.37. The average molecular weight is 249 g/mol. The number of rotatable bonds is 5. The minimum atomic E-state index is 0.750. The molecule has 1 N–H and O–H groups in total. The molecule has 3 heteroatoms. The molecule has 1 aromatic heterocycles. The van der Waals surface area contributed by atoms with Crippen LogP contribution in [-0.2, 0) is 13.6 Å². The van der Waals surface area contributed by atoms with Gasteiger partial charge >= 0.3 is 0 Å². The van der Waals surface area contributed by atoms with Gasteiger partial charge in [0.05, 0.1) is 0 Å². The Labute approximate surface area is 111 Å². The van der Waals surface area contributed by atoms with E-state index in [4.69, 9.17) is 0 Å². The average Bonchev–Trinajstić information content (AvgIpc) is 2.91. The maximum Gasteiger partial charge on any atom is 0.0224 e. The van der Waals surface area contributed by atoms with E-state index in [2.05, 4.69) is 48.7 Å². The molecule has 0 radical (unpaired) electrons. The van der Waals surface area contributed by atoms with E-state index in [1.807, 2.05) is 0 Å². The molecular formula is C15H27N3. The number of nitrogens with one attached hydrogen (secondary N) is 1. The molecule has 0 spiro atoms. The lowest BCUT2D eigenvalue weighted by molar-refractivity contribution is 0.260. The topological polar surface area (TPSA) is 20.2 Å². The van der Waals surface area contributed by atoms with Crippen molar-refractivity contribution >= 4 is 0 Å². The first kappa shape index (κ1) is 13.6. The van der Waals surface area contributed by atoms with Gasteiger partial charge < -0.3 is 9.88 Å². The molecule has 0 amide bonds. The number of aromatic nitrogens is 1. The van der Waals surface area contributed by atoms with E-state index in [9.17, 15) is 0 Å². The number of likely N-dealkylation sites (tertiary alicyclic amines) is 1. The van der Waals surface area contributed by atoms with Crippen molar-refractivity contribution in [2.24, 2.45) is 7.05 Å². The Morgan fingerprint density at radius 2 is 2.17 bits per heavy atom. The van der Waals surface area contributed by atoms with Crippen LogP contribution in [0.4, 0.5) is 0 Å². The number of hydrogen-bond donors (Lipinski definition) is 1. The lowest BCUT2D eigenvalue weighted by Gasteiger charge is -2.23. The highest BCUT2D eigenvalue weighted by molar-refractivity contribution is 5.26. The van der Waals surface area contributed by atoms with E-state index in [0.29, 0.717) is 0 Å². The van der Waals surface area contributed by atoms with Crippen molar-refractivity contribution in [1.82, 2.24) is 14.8 Å². The Kier molecular flexibility index (Phi) is 4.46. The summed E-state index contributed by atoms with van der Waals surface area (Å²) >= 11 is 0. The Hall–Kier alpha value is -0.800. The normalized spacial score (nSPS) is 20.8. The fourth-order valence-corrected chi connectivity index (χ4v) is 3.03. The van der Waals surface area contributed by atoms with Crippen molar-refractivity contribution in [3.05, 3.63) is 23.0 Å². The SMILES string of the molecule is CCN1CCCC1CNCc1cc(C)n(C)c1C. The van der Waals surface area contributed by atoms with E-state index in [1.54, 1.807) is 0 Å². The summed E-state index contributed by atoms with van der Waals surface area (Å²) in [6, 6.07) is 3.05. The number of aryl methyl sites for hydroxylation is 1. The van der Waals surface area contributed by atoms with E-state index in [0.717, 1.165) is 19.1 Å². The van der Waals surface area contributed by atoms with Gasteiger partial charge in [0, 0.05) is 37.6 Å². The summed E-state index contributed by atoms with van der Waals surface area (Å²) in [6.07, 6.45) is 2.72. The number of nitrogens with zero attached hydrogens (tertiary/aromatic N) is 2. The molecule has 0 saturated carbocycles. The Balaban J connectivity index is 1.83. The van der Waals surface area contributed by atoms with Gasteiger partial charge in [-0.3, -0.25) is 4.90 Å². The molecule has 0 aromatic carbocycles. The van der Waals surface area contributed by atoms with Crippen LogP contribution < -0.4 is 5.32 Å². The third kappa shape index (κ3) is 2.78. The quantitative estimate of drug-likeness (QED) is 0.863. The summed E-state index contributed by atoms with van der Waals surface area (Å²) in [4.78, 5) is 2.59. The predicted molar refractivity (Wildman–Crippen MR) is 76.9 cm³/mol. The van der Waals surface area contributed by atoms with E-state index < -0.39 is 0 Å². The molecule has 0 bridgehead atoms. The van der Waals surface area contributed by atoms with Crippen LogP contribution in [0.25, 0.3) is 0 Å². The molecule has 1 aliphatic rings. The molecule has 1 unspecified atom stereocenters. The second kappa shape index (κ2) is 5.89. The zero-order valence-electron chi connectivity index (χ0n) is 12.3. The molecule has 102 valence electrons. The predicted octanol–water partition coefficient (Wildman–Crippen LogP) is 2.22.